The van der Waals surface area contributed by atoms with E-state index in [1.165, 1.54) is 35.2 Å². The molecule has 14 heteroatoms. The van der Waals surface area contributed by atoms with Gasteiger partial charge in [-0.25, -0.2) is 27.0 Å². The van der Waals surface area contributed by atoms with Crippen LogP contribution < -0.4 is 9.80 Å². The molecule has 0 unspecified atom stereocenters. The molecule has 0 radical (unpaired) electrons. The fourth-order valence-electron chi connectivity index (χ4n) is 7.15. The lowest BCUT2D eigenvalue weighted by atomic mass is 10.1. The molecular weight excluding hydrogens is 766 g/mol. The van der Waals surface area contributed by atoms with E-state index in [2.05, 4.69) is 31.1 Å². The number of rotatable bonds is 9. The van der Waals surface area contributed by atoms with Crippen LogP contribution in [0.5, 0.6) is 0 Å². The van der Waals surface area contributed by atoms with Gasteiger partial charge < -0.3 is 14.2 Å². The Labute approximate surface area is 317 Å². The highest BCUT2D eigenvalue weighted by Crippen LogP contribution is 2.36. The third kappa shape index (κ3) is 7.10. The summed E-state index contributed by atoms with van der Waals surface area (Å²) in [5.74, 6) is -2.30. The van der Waals surface area contributed by atoms with Crippen LogP contribution in [0.15, 0.2) is 102 Å². The molecule has 0 spiro atoms. The van der Waals surface area contributed by atoms with Crippen molar-refractivity contribution in [1.29, 1.82) is 0 Å². The molecule has 6 aromatic rings. The quantitative estimate of drug-likeness (QED) is 0.137. The average molecular weight is 801 g/mol. The molecule has 0 N–H and O–H groups in total. The largest absolute Gasteiger partial charge is 0.442 e. The number of nitrogens with zero attached hydrogens (tertiary/aromatic N) is 7. The number of amides is 1. The highest BCUT2D eigenvalue weighted by Gasteiger charge is 2.34. The minimum Gasteiger partial charge on any atom is -0.442 e. The summed E-state index contributed by atoms with van der Waals surface area (Å²) < 4.78 is 68.7. The third-order valence-electron chi connectivity index (χ3n) is 9.93. The topological polar surface area (TPSA) is 71.7 Å². The average Bonchev–Trinajstić information content (AvgIpc) is 3.87. The number of anilines is 2. The molecule has 0 aliphatic carbocycles. The number of aromatic nitrogens is 4. The van der Waals surface area contributed by atoms with Crippen LogP contribution in [0.3, 0.4) is 0 Å². The van der Waals surface area contributed by atoms with Crippen molar-refractivity contribution in [1.82, 2.24) is 24.5 Å². The first kappa shape index (κ1) is 35.6. The lowest BCUT2D eigenvalue weighted by Crippen LogP contribution is -2.46. The normalized spacial score (nSPS) is 16.3. The van der Waals surface area contributed by atoms with Crippen molar-refractivity contribution in [3.8, 4) is 28.2 Å². The lowest BCUT2D eigenvalue weighted by Gasteiger charge is -2.36. The number of ether oxygens (including phenoxy) is 1. The van der Waals surface area contributed by atoms with Crippen molar-refractivity contribution < 1.29 is 27.1 Å². The van der Waals surface area contributed by atoms with E-state index in [0.29, 0.717) is 72.2 Å². The second-order valence-corrected chi connectivity index (χ2v) is 14.3. The highest BCUT2D eigenvalue weighted by molar-refractivity contribution is 9.10. The van der Waals surface area contributed by atoms with Gasteiger partial charge in [0.2, 0.25) is 0 Å². The van der Waals surface area contributed by atoms with Gasteiger partial charge in [0.25, 0.3) is 0 Å². The molecule has 1 amide bonds. The SMILES string of the molecule is Cc1c(CN2CCN(c3ccc(N4C[C@H](Cn5cc(-c6ccccc6)nn5)OC4=O)cc3F)CC2)cc(-c2ccc(F)cc2F)n1-c1cc(F)ccc1Br. The highest BCUT2D eigenvalue weighted by atomic mass is 79.9. The summed E-state index contributed by atoms with van der Waals surface area (Å²) in [6.07, 6.45) is 0.763. The van der Waals surface area contributed by atoms with Gasteiger partial charge in [-0.05, 0) is 83.0 Å². The van der Waals surface area contributed by atoms with Crippen LogP contribution >= 0.6 is 15.9 Å². The molecule has 2 aliphatic heterocycles. The maximum atomic E-state index is 15.7. The van der Waals surface area contributed by atoms with Crippen molar-refractivity contribution in [3.63, 3.8) is 0 Å². The van der Waals surface area contributed by atoms with E-state index in [0.717, 1.165) is 22.9 Å². The van der Waals surface area contributed by atoms with Crippen molar-refractivity contribution in [2.75, 3.05) is 42.5 Å². The molecule has 9 nitrogen and oxygen atoms in total. The summed E-state index contributed by atoms with van der Waals surface area (Å²) in [6, 6.07) is 24.0. The zero-order chi connectivity index (χ0) is 37.5. The van der Waals surface area contributed by atoms with Crippen LogP contribution in [0.1, 0.15) is 11.3 Å². The zero-order valence-corrected chi connectivity index (χ0v) is 30.7. The maximum Gasteiger partial charge on any atom is 0.414 e. The molecule has 0 bridgehead atoms. The molecule has 276 valence electrons. The number of piperazine rings is 1. The Morgan fingerprint density at radius 2 is 1.59 bits per heavy atom. The molecular formula is C40H34BrF4N7O2. The minimum absolute atomic E-state index is 0.191. The summed E-state index contributed by atoms with van der Waals surface area (Å²) >= 11 is 3.51. The standard InChI is InChI=1S/C40H34BrF4N7O2/c1-25-27(17-38(32-10-7-28(42)18-34(32)44)52(25)39-19-29(43)8-11-33(39)41)21-48-13-15-49(16-14-48)37-12-9-30(20-35(37)45)51-23-31(54-40(51)53)22-50-24-36(46-47-50)26-5-3-2-4-6-26/h2-12,17-20,24,31H,13-16,21-23H2,1H3/t31-/m0/s1. The lowest BCUT2D eigenvalue weighted by molar-refractivity contribution is 0.129. The first-order chi connectivity index (χ1) is 26.1. The Morgan fingerprint density at radius 1 is 0.833 bits per heavy atom. The number of halogens is 5. The number of carbonyl (C=O) groups is 1. The van der Waals surface area contributed by atoms with Crippen LogP contribution in [-0.4, -0.2) is 69.4 Å². The summed E-state index contributed by atoms with van der Waals surface area (Å²) in [7, 11) is 0. The number of hydrogen-bond donors (Lipinski definition) is 0. The predicted molar refractivity (Wildman–Crippen MR) is 200 cm³/mol. The number of carbonyl (C=O) groups excluding carboxylic acids is 1. The molecule has 2 saturated heterocycles. The van der Waals surface area contributed by atoms with E-state index < -0.39 is 35.5 Å². The summed E-state index contributed by atoms with van der Waals surface area (Å²) in [5, 5.41) is 8.40. The smallest absolute Gasteiger partial charge is 0.414 e. The van der Waals surface area contributed by atoms with Gasteiger partial charge in [-0.3, -0.25) is 9.80 Å². The Balaban J connectivity index is 0.932. The van der Waals surface area contributed by atoms with Crippen LogP contribution in [0.25, 0.3) is 28.2 Å². The van der Waals surface area contributed by atoms with E-state index >= 15 is 8.78 Å². The van der Waals surface area contributed by atoms with Crippen molar-refractivity contribution in [2.45, 2.75) is 26.1 Å². The molecule has 8 rings (SSSR count). The van der Waals surface area contributed by atoms with Gasteiger partial charge in [0.1, 0.15) is 35.1 Å². The van der Waals surface area contributed by atoms with Gasteiger partial charge in [0.05, 0.1) is 42.0 Å². The second kappa shape index (κ2) is 14.7. The Bertz CT molecular complexity index is 2340. The first-order valence-corrected chi connectivity index (χ1v) is 18.2. The molecule has 4 heterocycles. The van der Waals surface area contributed by atoms with Crippen LogP contribution in [0, 0.1) is 30.2 Å². The van der Waals surface area contributed by atoms with Gasteiger partial charge in [-0.2, -0.15) is 0 Å². The number of cyclic esters (lactones) is 1. The van der Waals surface area contributed by atoms with Gasteiger partial charge in [-0.1, -0.05) is 35.5 Å². The van der Waals surface area contributed by atoms with Crippen LogP contribution in [-0.2, 0) is 17.8 Å². The second-order valence-electron chi connectivity index (χ2n) is 13.4. The minimum atomic E-state index is -0.722. The fraction of sp³-hybridized carbons (Fsp3) is 0.225. The van der Waals surface area contributed by atoms with E-state index in [1.807, 2.05) is 48.2 Å². The molecule has 4 aromatic carbocycles. The van der Waals surface area contributed by atoms with Crippen molar-refractivity contribution in [3.05, 3.63) is 136 Å². The van der Waals surface area contributed by atoms with Gasteiger partial charge in [0.15, 0.2) is 0 Å². The summed E-state index contributed by atoms with van der Waals surface area (Å²) in [4.78, 5) is 18.4. The number of benzene rings is 4. The summed E-state index contributed by atoms with van der Waals surface area (Å²) in [6.45, 7) is 5.27. The fourth-order valence-corrected chi connectivity index (χ4v) is 7.58. The zero-order valence-electron chi connectivity index (χ0n) is 29.1. The van der Waals surface area contributed by atoms with Gasteiger partial charge in [-0.15, -0.1) is 5.10 Å². The first-order valence-electron chi connectivity index (χ1n) is 17.4. The van der Waals surface area contributed by atoms with Crippen molar-refractivity contribution >= 4 is 33.4 Å². The van der Waals surface area contributed by atoms with Crippen LogP contribution in [0.2, 0.25) is 0 Å². The van der Waals surface area contributed by atoms with Gasteiger partial charge >= 0.3 is 6.09 Å². The molecule has 2 aromatic heterocycles. The van der Waals surface area contributed by atoms with E-state index in [-0.39, 0.29) is 12.1 Å². The van der Waals surface area contributed by atoms with Crippen LogP contribution in [0.4, 0.5) is 33.7 Å². The monoisotopic (exact) mass is 799 g/mol. The van der Waals surface area contributed by atoms with E-state index in [4.69, 9.17) is 4.74 Å². The molecule has 1 atom stereocenters. The Morgan fingerprint density at radius 3 is 2.35 bits per heavy atom. The van der Waals surface area contributed by atoms with E-state index in [1.54, 1.807) is 33.6 Å². The maximum absolute atomic E-state index is 15.7. The third-order valence-corrected chi connectivity index (χ3v) is 10.6. The Hall–Kier alpha value is -5.47. The Kier molecular flexibility index (Phi) is 9.71. The van der Waals surface area contributed by atoms with E-state index in [9.17, 15) is 13.6 Å². The molecule has 0 saturated carbocycles. The van der Waals surface area contributed by atoms with Gasteiger partial charge in [0, 0.05) is 60.1 Å². The summed E-state index contributed by atoms with van der Waals surface area (Å²) in [5.41, 5.74) is 5.32. The van der Waals surface area contributed by atoms with Crippen molar-refractivity contribution in [2.24, 2.45) is 0 Å². The molecule has 54 heavy (non-hydrogen) atoms. The number of hydrogen-bond acceptors (Lipinski definition) is 6. The molecule has 2 fully saturated rings. The molecule has 2 aliphatic rings. The predicted octanol–water partition coefficient (Wildman–Crippen LogP) is 8.38.